The molecule has 0 radical (unpaired) electrons. The number of hydrogen-bond acceptors (Lipinski definition) is 4. The van der Waals surface area contributed by atoms with Crippen molar-refractivity contribution in [2.45, 2.75) is 46.7 Å². The summed E-state index contributed by atoms with van der Waals surface area (Å²) in [5.74, 6) is -1.30. The van der Waals surface area contributed by atoms with Crippen molar-refractivity contribution >= 4 is 27.5 Å². The van der Waals surface area contributed by atoms with Crippen LogP contribution in [0.15, 0.2) is 42.5 Å². The van der Waals surface area contributed by atoms with E-state index in [2.05, 4.69) is 5.32 Å². The number of halogens is 1. The van der Waals surface area contributed by atoms with Crippen LogP contribution in [0.2, 0.25) is 0 Å². The van der Waals surface area contributed by atoms with Crippen LogP contribution >= 0.6 is 0 Å². The van der Waals surface area contributed by atoms with Crippen LogP contribution in [0.25, 0.3) is 0 Å². The van der Waals surface area contributed by atoms with Crippen LogP contribution in [0.4, 0.5) is 10.1 Å². The average molecular weight is 478 g/mol. The maximum absolute atomic E-state index is 13.4. The molecule has 0 aromatic heterocycles. The topological polar surface area (TPSA) is 86.8 Å². The lowest BCUT2D eigenvalue weighted by Crippen LogP contribution is -2.51. The molecule has 0 aliphatic rings. The Labute approximate surface area is 195 Å². The van der Waals surface area contributed by atoms with Crippen molar-refractivity contribution in [3.63, 3.8) is 0 Å². The molecule has 0 saturated carbocycles. The van der Waals surface area contributed by atoms with Crippen molar-refractivity contribution in [3.05, 3.63) is 65.0 Å². The molecule has 2 aromatic rings. The number of amides is 2. The normalized spacial score (nSPS) is 12.2. The van der Waals surface area contributed by atoms with Crippen molar-refractivity contribution in [1.29, 1.82) is 0 Å². The highest BCUT2D eigenvalue weighted by atomic mass is 32.2. The third-order valence-electron chi connectivity index (χ3n) is 5.16. The molecule has 180 valence electrons. The molecule has 2 amide bonds. The van der Waals surface area contributed by atoms with Gasteiger partial charge in [-0.05, 0) is 68.1 Å². The van der Waals surface area contributed by atoms with Gasteiger partial charge in [0.2, 0.25) is 21.8 Å². The van der Waals surface area contributed by atoms with Crippen LogP contribution in [0.5, 0.6) is 0 Å². The highest BCUT2D eigenvalue weighted by Gasteiger charge is 2.30. The third-order valence-corrected chi connectivity index (χ3v) is 6.30. The number of sulfonamides is 1. The van der Waals surface area contributed by atoms with Gasteiger partial charge in [-0.15, -0.1) is 0 Å². The predicted molar refractivity (Wildman–Crippen MR) is 128 cm³/mol. The first-order valence-corrected chi connectivity index (χ1v) is 12.6. The largest absolute Gasteiger partial charge is 0.354 e. The average Bonchev–Trinajstić information content (AvgIpc) is 2.73. The Bertz CT molecular complexity index is 1070. The molecule has 0 saturated heterocycles. The molecule has 33 heavy (non-hydrogen) atoms. The SMILES string of the molecule is CCCNC(=O)C(C)N(Cc1ccc(F)cc1)C(=O)CN(c1cc(C)cc(C)c1)S(C)(=O)=O. The summed E-state index contributed by atoms with van der Waals surface area (Å²) in [7, 11) is -3.78. The zero-order valence-electron chi connectivity index (χ0n) is 19.8. The summed E-state index contributed by atoms with van der Waals surface area (Å²) < 4.78 is 39.6. The van der Waals surface area contributed by atoms with E-state index in [0.29, 0.717) is 17.8 Å². The highest BCUT2D eigenvalue weighted by Crippen LogP contribution is 2.22. The Morgan fingerprint density at radius 1 is 1.06 bits per heavy atom. The minimum absolute atomic E-state index is 0.0320. The molecule has 0 bridgehead atoms. The van der Waals surface area contributed by atoms with Crippen LogP contribution in [-0.4, -0.2) is 50.5 Å². The van der Waals surface area contributed by atoms with Gasteiger partial charge in [0.25, 0.3) is 0 Å². The van der Waals surface area contributed by atoms with Gasteiger partial charge in [0.05, 0.1) is 11.9 Å². The second-order valence-corrected chi connectivity index (χ2v) is 10.1. The molecule has 9 heteroatoms. The number of nitrogens with one attached hydrogen (secondary N) is 1. The third kappa shape index (κ3) is 7.56. The lowest BCUT2D eigenvalue weighted by Gasteiger charge is -2.31. The number of anilines is 1. The second-order valence-electron chi connectivity index (χ2n) is 8.23. The van der Waals surface area contributed by atoms with Gasteiger partial charge in [0, 0.05) is 13.1 Å². The summed E-state index contributed by atoms with van der Waals surface area (Å²) in [5.41, 5.74) is 2.73. The monoisotopic (exact) mass is 477 g/mol. The minimum atomic E-state index is -3.78. The Morgan fingerprint density at radius 2 is 1.64 bits per heavy atom. The molecule has 7 nitrogen and oxygen atoms in total. The van der Waals surface area contributed by atoms with E-state index in [-0.39, 0.29) is 12.5 Å². The quantitative estimate of drug-likeness (QED) is 0.570. The number of carbonyl (C=O) groups is 2. The van der Waals surface area contributed by atoms with Gasteiger partial charge in [-0.25, -0.2) is 12.8 Å². The van der Waals surface area contributed by atoms with Crippen LogP contribution in [0, 0.1) is 19.7 Å². The van der Waals surface area contributed by atoms with Gasteiger partial charge in [0.1, 0.15) is 18.4 Å². The number of carbonyl (C=O) groups excluding carboxylic acids is 2. The van der Waals surface area contributed by atoms with Gasteiger partial charge in [-0.1, -0.05) is 25.1 Å². The fraction of sp³-hybridized carbons (Fsp3) is 0.417. The summed E-state index contributed by atoms with van der Waals surface area (Å²) in [6.07, 6.45) is 1.78. The van der Waals surface area contributed by atoms with E-state index < -0.39 is 34.3 Å². The molecule has 1 unspecified atom stereocenters. The molecule has 1 atom stereocenters. The molecule has 0 heterocycles. The van der Waals surface area contributed by atoms with Gasteiger partial charge >= 0.3 is 0 Å². The second kappa shape index (κ2) is 11.3. The van der Waals surface area contributed by atoms with E-state index in [4.69, 9.17) is 0 Å². The molecular formula is C24H32FN3O4S. The zero-order chi connectivity index (χ0) is 24.8. The smallest absolute Gasteiger partial charge is 0.244 e. The maximum Gasteiger partial charge on any atom is 0.244 e. The predicted octanol–water partition coefficient (Wildman–Crippen LogP) is 3.15. The summed E-state index contributed by atoms with van der Waals surface area (Å²) in [6, 6.07) is 10.1. The Hall–Kier alpha value is -2.94. The van der Waals surface area contributed by atoms with Crippen molar-refractivity contribution in [1.82, 2.24) is 10.2 Å². The van der Waals surface area contributed by atoms with Crippen molar-refractivity contribution in [3.8, 4) is 0 Å². The van der Waals surface area contributed by atoms with E-state index in [1.54, 1.807) is 19.1 Å². The fourth-order valence-corrected chi connectivity index (χ4v) is 4.31. The standard InChI is InChI=1S/C24H32FN3O4S/c1-6-11-26-24(30)19(4)27(15-20-7-9-21(25)10-8-20)23(29)16-28(33(5,31)32)22-13-17(2)12-18(3)14-22/h7-10,12-14,19H,6,11,15-16H2,1-5H3,(H,26,30). The molecule has 0 aliphatic heterocycles. The number of nitrogens with zero attached hydrogens (tertiary/aromatic N) is 2. The van der Waals surface area contributed by atoms with Crippen LogP contribution < -0.4 is 9.62 Å². The van der Waals surface area contributed by atoms with Crippen LogP contribution in [0.1, 0.15) is 37.0 Å². The first-order valence-electron chi connectivity index (χ1n) is 10.8. The summed E-state index contributed by atoms with van der Waals surface area (Å²) >= 11 is 0. The van der Waals surface area contributed by atoms with Gasteiger partial charge in [-0.2, -0.15) is 0 Å². The van der Waals surface area contributed by atoms with E-state index in [0.717, 1.165) is 28.1 Å². The molecule has 2 rings (SSSR count). The van der Waals surface area contributed by atoms with Crippen LogP contribution in [0.3, 0.4) is 0 Å². The fourth-order valence-electron chi connectivity index (χ4n) is 3.47. The van der Waals surface area contributed by atoms with Gasteiger partial charge < -0.3 is 10.2 Å². The number of benzene rings is 2. The maximum atomic E-state index is 13.4. The number of rotatable bonds is 10. The molecule has 2 aromatic carbocycles. The Balaban J connectivity index is 2.39. The number of aryl methyl sites for hydroxylation is 2. The highest BCUT2D eigenvalue weighted by molar-refractivity contribution is 7.92. The molecular weight excluding hydrogens is 445 g/mol. The summed E-state index contributed by atoms with van der Waals surface area (Å²) in [5, 5.41) is 2.77. The van der Waals surface area contributed by atoms with E-state index in [1.807, 2.05) is 26.8 Å². The lowest BCUT2D eigenvalue weighted by atomic mass is 10.1. The summed E-state index contributed by atoms with van der Waals surface area (Å²) in [4.78, 5) is 27.4. The number of hydrogen-bond donors (Lipinski definition) is 1. The van der Waals surface area contributed by atoms with Gasteiger partial charge in [0.15, 0.2) is 0 Å². The van der Waals surface area contributed by atoms with Crippen LogP contribution in [-0.2, 0) is 26.2 Å². The molecule has 1 N–H and O–H groups in total. The summed E-state index contributed by atoms with van der Waals surface area (Å²) in [6.45, 7) is 7.23. The first-order chi connectivity index (χ1) is 15.4. The van der Waals surface area contributed by atoms with Crippen molar-refractivity contribution in [2.75, 3.05) is 23.7 Å². The van der Waals surface area contributed by atoms with E-state index in [9.17, 15) is 22.4 Å². The van der Waals surface area contributed by atoms with Gasteiger partial charge in [-0.3, -0.25) is 13.9 Å². The molecule has 0 aliphatic carbocycles. The first kappa shape index (κ1) is 26.3. The van der Waals surface area contributed by atoms with Crippen molar-refractivity contribution < 1.29 is 22.4 Å². The van der Waals surface area contributed by atoms with Crippen molar-refractivity contribution in [2.24, 2.45) is 0 Å². The van der Waals surface area contributed by atoms with E-state index in [1.165, 1.54) is 29.2 Å². The minimum Gasteiger partial charge on any atom is -0.354 e. The Kier molecular flexibility index (Phi) is 8.99. The lowest BCUT2D eigenvalue weighted by molar-refractivity contribution is -0.139. The zero-order valence-corrected chi connectivity index (χ0v) is 20.6. The van der Waals surface area contributed by atoms with E-state index >= 15 is 0 Å². The molecule has 0 fully saturated rings. The Morgan fingerprint density at radius 3 is 2.15 bits per heavy atom. The molecule has 0 spiro atoms.